The molecule has 34 heavy (non-hydrogen) atoms. The molecule has 170 valence electrons. The minimum Gasteiger partial charge on any atom is -0.497 e. The predicted molar refractivity (Wildman–Crippen MR) is 119 cm³/mol. The van der Waals surface area contributed by atoms with Crippen molar-refractivity contribution in [3.8, 4) is 39.8 Å². The Bertz CT molecular complexity index is 1480. The first-order valence-corrected chi connectivity index (χ1v) is 10.2. The molecule has 0 radical (unpaired) electrons. The molecule has 0 amide bonds. The van der Waals surface area contributed by atoms with Crippen LogP contribution in [-0.2, 0) is 6.18 Å². The van der Waals surface area contributed by atoms with E-state index in [1.54, 1.807) is 19.2 Å². The van der Waals surface area contributed by atoms with Crippen molar-refractivity contribution in [2.45, 2.75) is 6.18 Å². The van der Waals surface area contributed by atoms with Crippen LogP contribution in [-0.4, -0.2) is 26.7 Å². The van der Waals surface area contributed by atoms with Crippen LogP contribution < -0.4 is 4.74 Å². The summed E-state index contributed by atoms with van der Waals surface area (Å²) in [4.78, 5) is 9.13. The number of aromatic nitrogens is 4. The number of nitrogens with zero attached hydrogens (tertiary/aromatic N) is 4. The van der Waals surface area contributed by atoms with Crippen LogP contribution in [0.5, 0.6) is 5.75 Å². The van der Waals surface area contributed by atoms with Gasteiger partial charge in [0.25, 0.3) is 0 Å². The molecular weight excluding hydrogens is 448 g/mol. The lowest BCUT2D eigenvalue weighted by atomic mass is 10.1. The van der Waals surface area contributed by atoms with E-state index in [0.29, 0.717) is 39.9 Å². The number of methoxy groups -OCH3 is 1. The van der Waals surface area contributed by atoms with Gasteiger partial charge < -0.3 is 4.74 Å². The lowest BCUT2D eigenvalue weighted by molar-refractivity contribution is -0.137. The molecule has 0 saturated heterocycles. The van der Waals surface area contributed by atoms with Gasteiger partial charge in [0, 0.05) is 22.8 Å². The molecule has 0 unspecified atom stereocenters. The molecule has 0 aliphatic rings. The number of ether oxygens (including phenoxy) is 1. The Morgan fingerprint density at radius 2 is 1.50 bits per heavy atom. The van der Waals surface area contributed by atoms with Crippen molar-refractivity contribution in [1.82, 2.24) is 19.6 Å². The average molecular weight is 464 g/mol. The normalized spacial score (nSPS) is 11.7. The molecular formula is C25H16F4N4O. The monoisotopic (exact) mass is 464 g/mol. The van der Waals surface area contributed by atoms with Crippen LogP contribution in [0.25, 0.3) is 39.7 Å². The summed E-state index contributed by atoms with van der Waals surface area (Å²) in [5, 5.41) is 4.61. The Morgan fingerprint density at radius 1 is 0.794 bits per heavy atom. The van der Waals surface area contributed by atoms with Gasteiger partial charge in [0.2, 0.25) is 0 Å². The number of rotatable bonds is 4. The highest BCUT2D eigenvalue weighted by Crippen LogP contribution is 2.32. The molecule has 3 aromatic carbocycles. The second-order valence-electron chi connectivity index (χ2n) is 7.48. The van der Waals surface area contributed by atoms with E-state index < -0.39 is 17.6 Å². The molecule has 5 nitrogen and oxygen atoms in total. The van der Waals surface area contributed by atoms with Gasteiger partial charge in [0.1, 0.15) is 11.6 Å². The summed E-state index contributed by atoms with van der Waals surface area (Å²) in [5.74, 6) is 0.833. The lowest BCUT2D eigenvalue weighted by Gasteiger charge is -2.10. The molecule has 0 aliphatic carbocycles. The summed E-state index contributed by atoms with van der Waals surface area (Å²) in [6.45, 7) is 0. The third-order valence-corrected chi connectivity index (χ3v) is 5.26. The van der Waals surface area contributed by atoms with Crippen molar-refractivity contribution >= 4 is 5.65 Å². The molecule has 9 heteroatoms. The maximum atomic E-state index is 13.4. The van der Waals surface area contributed by atoms with E-state index in [0.717, 1.165) is 17.7 Å². The first-order chi connectivity index (χ1) is 16.3. The van der Waals surface area contributed by atoms with Gasteiger partial charge in [-0.3, -0.25) is 0 Å². The zero-order chi connectivity index (χ0) is 23.9. The Morgan fingerprint density at radius 3 is 2.18 bits per heavy atom. The van der Waals surface area contributed by atoms with E-state index in [-0.39, 0.29) is 0 Å². The summed E-state index contributed by atoms with van der Waals surface area (Å²) in [6, 6.07) is 19.4. The number of alkyl halides is 3. The smallest absolute Gasteiger partial charge is 0.416 e. The zero-order valence-corrected chi connectivity index (χ0v) is 17.7. The summed E-state index contributed by atoms with van der Waals surface area (Å²) in [5.41, 5.74) is 1.99. The fraction of sp³-hybridized carbons (Fsp3) is 0.0800. The van der Waals surface area contributed by atoms with Gasteiger partial charge in [-0.2, -0.15) is 22.8 Å². The quantitative estimate of drug-likeness (QED) is 0.293. The molecule has 2 aromatic heterocycles. The van der Waals surface area contributed by atoms with Gasteiger partial charge >= 0.3 is 6.18 Å². The summed E-state index contributed by atoms with van der Waals surface area (Å²) < 4.78 is 59.4. The second-order valence-corrected chi connectivity index (χ2v) is 7.48. The van der Waals surface area contributed by atoms with Gasteiger partial charge in [-0.15, -0.1) is 0 Å². The Hall–Kier alpha value is -4.27. The van der Waals surface area contributed by atoms with Crippen LogP contribution in [0.4, 0.5) is 17.6 Å². The number of hydrogen-bond donors (Lipinski definition) is 0. The summed E-state index contributed by atoms with van der Waals surface area (Å²) in [7, 11) is 1.56. The van der Waals surface area contributed by atoms with E-state index in [1.165, 1.54) is 40.9 Å². The second kappa shape index (κ2) is 8.26. The highest BCUT2D eigenvalue weighted by molar-refractivity contribution is 5.70. The molecule has 0 aliphatic heterocycles. The topological polar surface area (TPSA) is 52.3 Å². The minimum atomic E-state index is -4.45. The van der Waals surface area contributed by atoms with Crippen molar-refractivity contribution in [3.05, 3.63) is 90.2 Å². The fourth-order valence-corrected chi connectivity index (χ4v) is 3.53. The summed E-state index contributed by atoms with van der Waals surface area (Å²) in [6.07, 6.45) is -4.45. The molecule has 5 aromatic rings. The third kappa shape index (κ3) is 4.07. The largest absolute Gasteiger partial charge is 0.497 e. The first-order valence-electron chi connectivity index (χ1n) is 10.2. The highest BCUT2D eigenvalue weighted by Gasteiger charge is 2.30. The number of halogens is 4. The lowest BCUT2D eigenvalue weighted by Crippen LogP contribution is -2.06. The van der Waals surface area contributed by atoms with Crippen molar-refractivity contribution < 1.29 is 22.3 Å². The van der Waals surface area contributed by atoms with Crippen LogP contribution in [0.3, 0.4) is 0 Å². The van der Waals surface area contributed by atoms with Crippen LogP contribution in [0.1, 0.15) is 5.56 Å². The molecule has 0 spiro atoms. The van der Waals surface area contributed by atoms with Crippen LogP contribution in [0.15, 0.2) is 78.9 Å². The van der Waals surface area contributed by atoms with Crippen LogP contribution in [0, 0.1) is 5.82 Å². The zero-order valence-electron chi connectivity index (χ0n) is 17.7. The Kier molecular flexibility index (Phi) is 5.24. The van der Waals surface area contributed by atoms with Crippen LogP contribution in [0.2, 0.25) is 0 Å². The predicted octanol–water partition coefficient (Wildman–Crippen LogP) is 6.29. The molecule has 0 bridgehead atoms. The van der Waals surface area contributed by atoms with Gasteiger partial charge in [-0.1, -0.05) is 24.3 Å². The van der Waals surface area contributed by atoms with Crippen molar-refractivity contribution in [2.24, 2.45) is 0 Å². The third-order valence-electron chi connectivity index (χ3n) is 5.26. The molecule has 0 atom stereocenters. The van der Waals surface area contributed by atoms with E-state index in [2.05, 4.69) is 15.1 Å². The van der Waals surface area contributed by atoms with E-state index in [9.17, 15) is 17.6 Å². The molecule has 2 heterocycles. The standard InChI is InChI=1S/C25H16F4N4O/c1-34-20-4-2-3-17(13-20)21-14-22-30-23(15-7-11-19(26)12-8-15)31-24(33(22)32-21)16-5-9-18(10-6-16)25(27,28)29/h2-14H,1H3. The van der Waals surface area contributed by atoms with Crippen molar-refractivity contribution in [2.75, 3.05) is 7.11 Å². The van der Waals surface area contributed by atoms with Gasteiger partial charge in [0.15, 0.2) is 17.3 Å². The molecule has 0 N–H and O–H groups in total. The number of hydrogen-bond acceptors (Lipinski definition) is 4. The average Bonchev–Trinajstić information content (AvgIpc) is 3.28. The SMILES string of the molecule is COc1cccc(-c2cc3nc(-c4ccc(F)cc4)nc(-c4ccc(C(F)(F)F)cc4)n3n2)c1. The van der Waals surface area contributed by atoms with Gasteiger partial charge in [0.05, 0.1) is 18.4 Å². The Labute approximate surface area is 191 Å². The minimum absolute atomic E-state index is 0.291. The van der Waals surface area contributed by atoms with E-state index in [1.807, 2.05) is 18.2 Å². The van der Waals surface area contributed by atoms with Crippen LogP contribution >= 0.6 is 0 Å². The Balaban J connectivity index is 1.70. The van der Waals surface area contributed by atoms with E-state index >= 15 is 0 Å². The fourth-order valence-electron chi connectivity index (χ4n) is 3.53. The number of benzene rings is 3. The van der Waals surface area contributed by atoms with Crippen molar-refractivity contribution in [3.63, 3.8) is 0 Å². The maximum Gasteiger partial charge on any atom is 0.416 e. The van der Waals surface area contributed by atoms with Gasteiger partial charge in [-0.25, -0.2) is 14.4 Å². The van der Waals surface area contributed by atoms with Gasteiger partial charge in [-0.05, 0) is 48.5 Å². The maximum absolute atomic E-state index is 13.4. The highest BCUT2D eigenvalue weighted by atomic mass is 19.4. The molecule has 0 fully saturated rings. The molecule has 5 rings (SSSR count). The number of fused-ring (bicyclic) bond motifs is 1. The first kappa shape index (κ1) is 21.6. The molecule has 0 saturated carbocycles. The van der Waals surface area contributed by atoms with Crippen molar-refractivity contribution in [1.29, 1.82) is 0 Å². The summed E-state index contributed by atoms with van der Waals surface area (Å²) >= 11 is 0. The van der Waals surface area contributed by atoms with E-state index in [4.69, 9.17) is 4.74 Å².